The van der Waals surface area contributed by atoms with Crippen molar-refractivity contribution in [2.24, 2.45) is 5.73 Å². The lowest BCUT2D eigenvalue weighted by molar-refractivity contribution is 0.0908. The molecule has 4 N–H and O–H groups in total. The summed E-state index contributed by atoms with van der Waals surface area (Å²) in [6.45, 7) is 0. The molecule has 0 saturated heterocycles. The molecule has 1 aromatic heterocycles. The van der Waals surface area contributed by atoms with E-state index in [0.29, 0.717) is 4.67 Å². The van der Waals surface area contributed by atoms with Gasteiger partial charge in [0.2, 0.25) is 0 Å². The van der Waals surface area contributed by atoms with E-state index < -0.39 is 11.9 Å². The third-order valence-corrected chi connectivity index (χ3v) is 1.52. The van der Waals surface area contributed by atoms with Crippen molar-refractivity contribution in [3.63, 3.8) is 0 Å². The molecule has 0 spiro atoms. The van der Waals surface area contributed by atoms with Gasteiger partial charge in [-0.3, -0.25) is 10.2 Å². The van der Waals surface area contributed by atoms with E-state index in [2.05, 4.69) is 15.9 Å². The largest absolute Gasteiger partial charge is 0.444 e. The standard InChI is InChI=1S/C6H6BrN3O3/c7-4-2-1-3(13-4)5(11)9-10-6(8)12/h1-2H,(H,9,11)(H3,8,10,12). The second-order valence-corrected chi connectivity index (χ2v) is 2.83. The number of rotatable bonds is 1. The van der Waals surface area contributed by atoms with E-state index in [9.17, 15) is 9.59 Å². The molecule has 3 amide bonds. The molecule has 0 atom stereocenters. The van der Waals surface area contributed by atoms with Crippen LogP contribution in [-0.2, 0) is 0 Å². The summed E-state index contributed by atoms with van der Waals surface area (Å²) in [5.41, 5.74) is 8.67. The number of nitrogens with two attached hydrogens (primary N) is 1. The molecule has 0 saturated carbocycles. The normalized spacial score (nSPS) is 9.31. The van der Waals surface area contributed by atoms with Crippen LogP contribution in [-0.4, -0.2) is 11.9 Å². The van der Waals surface area contributed by atoms with Gasteiger partial charge in [-0.05, 0) is 28.1 Å². The highest BCUT2D eigenvalue weighted by molar-refractivity contribution is 9.10. The molecule has 1 heterocycles. The summed E-state index contributed by atoms with van der Waals surface area (Å²) in [6, 6.07) is 2.15. The number of carbonyl (C=O) groups excluding carboxylic acids is 2. The van der Waals surface area contributed by atoms with Crippen molar-refractivity contribution in [1.82, 2.24) is 10.9 Å². The fraction of sp³-hybridized carbons (Fsp3) is 0. The highest BCUT2D eigenvalue weighted by Crippen LogP contribution is 2.13. The highest BCUT2D eigenvalue weighted by atomic mass is 79.9. The predicted molar refractivity (Wildman–Crippen MR) is 46.6 cm³/mol. The van der Waals surface area contributed by atoms with Crippen molar-refractivity contribution in [3.8, 4) is 0 Å². The molecule has 1 aromatic rings. The van der Waals surface area contributed by atoms with Gasteiger partial charge < -0.3 is 10.2 Å². The number of halogens is 1. The Kier molecular flexibility index (Phi) is 2.91. The topological polar surface area (TPSA) is 97.4 Å². The van der Waals surface area contributed by atoms with E-state index in [4.69, 9.17) is 10.2 Å². The molecule has 0 bridgehead atoms. The van der Waals surface area contributed by atoms with Crippen LogP contribution in [0.2, 0.25) is 0 Å². The number of hydrogen-bond acceptors (Lipinski definition) is 3. The molecule has 0 fully saturated rings. The average Bonchev–Trinajstić information content (AvgIpc) is 2.47. The lowest BCUT2D eigenvalue weighted by Gasteiger charge is -2.00. The molecule has 0 unspecified atom stereocenters. The van der Waals surface area contributed by atoms with Crippen LogP contribution < -0.4 is 16.6 Å². The molecule has 13 heavy (non-hydrogen) atoms. The Morgan fingerprint density at radius 3 is 2.54 bits per heavy atom. The molecule has 0 aliphatic carbocycles. The van der Waals surface area contributed by atoms with Crippen LogP contribution in [0.15, 0.2) is 21.2 Å². The third kappa shape index (κ3) is 2.79. The summed E-state index contributed by atoms with van der Waals surface area (Å²) >= 11 is 3.02. The van der Waals surface area contributed by atoms with E-state index in [1.165, 1.54) is 6.07 Å². The molecule has 0 aromatic carbocycles. The predicted octanol–water partition coefficient (Wildman–Crippen LogP) is 0.355. The van der Waals surface area contributed by atoms with Gasteiger partial charge in [-0.1, -0.05) is 0 Å². The number of carbonyl (C=O) groups is 2. The number of primary amides is 1. The number of urea groups is 1. The van der Waals surface area contributed by atoms with Crippen molar-refractivity contribution in [3.05, 3.63) is 22.6 Å². The second-order valence-electron chi connectivity index (χ2n) is 2.05. The third-order valence-electron chi connectivity index (χ3n) is 1.10. The van der Waals surface area contributed by atoms with E-state index in [0.717, 1.165) is 0 Å². The number of nitrogens with one attached hydrogen (secondary N) is 2. The monoisotopic (exact) mass is 247 g/mol. The zero-order chi connectivity index (χ0) is 9.84. The summed E-state index contributed by atoms with van der Waals surface area (Å²) in [6.07, 6.45) is 0. The Morgan fingerprint density at radius 2 is 2.08 bits per heavy atom. The first-order valence-electron chi connectivity index (χ1n) is 3.20. The minimum absolute atomic E-state index is 0.0700. The minimum atomic E-state index is -0.848. The van der Waals surface area contributed by atoms with Gasteiger partial charge in [0.25, 0.3) is 0 Å². The van der Waals surface area contributed by atoms with Crippen molar-refractivity contribution in [1.29, 1.82) is 0 Å². The van der Waals surface area contributed by atoms with E-state index >= 15 is 0 Å². The van der Waals surface area contributed by atoms with Crippen molar-refractivity contribution < 1.29 is 14.0 Å². The van der Waals surface area contributed by atoms with Crippen LogP contribution in [0.3, 0.4) is 0 Å². The minimum Gasteiger partial charge on any atom is -0.444 e. The Morgan fingerprint density at radius 1 is 1.38 bits per heavy atom. The zero-order valence-corrected chi connectivity index (χ0v) is 7.92. The van der Waals surface area contributed by atoms with Crippen LogP contribution in [0, 0.1) is 0 Å². The molecular formula is C6H6BrN3O3. The number of amides is 3. The van der Waals surface area contributed by atoms with Gasteiger partial charge in [0, 0.05) is 0 Å². The van der Waals surface area contributed by atoms with E-state index in [1.54, 1.807) is 6.07 Å². The Hall–Kier alpha value is -1.50. The van der Waals surface area contributed by atoms with Crippen LogP contribution in [0.4, 0.5) is 4.79 Å². The summed E-state index contributed by atoms with van der Waals surface area (Å²) in [4.78, 5) is 21.3. The van der Waals surface area contributed by atoms with Crippen LogP contribution in [0.25, 0.3) is 0 Å². The molecule has 7 heteroatoms. The van der Waals surface area contributed by atoms with Gasteiger partial charge in [0.15, 0.2) is 10.4 Å². The fourth-order valence-electron chi connectivity index (χ4n) is 0.616. The molecule has 0 aliphatic heterocycles. The number of furan rings is 1. The quantitative estimate of drug-likeness (QED) is 0.625. The highest BCUT2D eigenvalue weighted by Gasteiger charge is 2.09. The molecule has 6 nitrogen and oxygen atoms in total. The summed E-state index contributed by atoms with van der Waals surface area (Å²) in [5, 5.41) is 0. The SMILES string of the molecule is NC(=O)NNC(=O)c1ccc(Br)o1. The first-order chi connectivity index (χ1) is 6.09. The molecule has 1 rings (SSSR count). The summed E-state index contributed by atoms with van der Waals surface area (Å²) in [5.74, 6) is -0.509. The van der Waals surface area contributed by atoms with Gasteiger partial charge in [-0.2, -0.15) is 0 Å². The maximum Gasteiger partial charge on any atom is 0.330 e. The maximum atomic E-state index is 11.1. The Balaban J connectivity index is 2.54. The molecule has 0 radical (unpaired) electrons. The Labute approximate surface area is 81.6 Å². The molecule has 70 valence electrons. The second kappa shape index (κ2) is 3.94. The van der Waals surface area contributed by atoms with Crippen LogP contribution >= 0.6 is 15.9 Å². The van der Waals surface area contributed by atoms with E-state index in [-0.39, 0.29) is 5.76 Å². The van der Waals surface area contributed by atoms with Crippen molar-refractivity contribution >= 4 is 27.9 Å². The summed E-state index contributed by atoms with van der Waals surface area (Å²) in [7, 11) is 0. The first-order valence-corrected chi connectivity index (χ1v) is 4.00. The van der Waals surface area contributed by atoms with Gasteiger partial charge in [0.05, 0.1) is 0 Å². The lowest BCUT2D eigenvalue weighted by atomic mass is 10.4. The van der Waals surface area contributed by atoms with Crippen molar-refractivity contribution in [2.45, 2.75) is 0 Å². The first kappa shape index (κ1) is 9.59. The zero-order valence-electron chi connectivity index (χ0n) is 6.33. The fourth-order valence-corrected chi connectivity index (χ4v) is 0.923. The Bertz CT molecular complexity index is 336. The van der Waals surface area contributed by atoms with Crippen LogP contribution in [0.1, 0.15) is 10.6 Å². The average molecular weight is 248 g/mol. The van der Waals surface area contributed by atoms with Crippen LogP contribution in [0.5, 0.6) is 0 Å². The smallest absolute Gasteiger partial charge is 0.330 e. The summed E-state index contributed by atoms with van der Waals surface area (Å²) < 4.78 is 5.32. The van der Waals surface area contributed by atoms with Gasteiger partial charge in [-0.25, -0.2) is 10.2 Å². The van der Waals surface area contributed by atoms with Gasteiger partial charge in [0.1, 0.15) is 0 Å². The number of hydrogen-bond donors (Lipinski definition) is 3. The molecule has 0 aliphatic rings. The van der Waals surface area contributed by atoms with Gasteiger partial charge >= 0.3 is 11.9 Å². The van der Waals surface area contributed by atoms with Gasteiger partial charge in [-0.15, -0.1) is 0 Å². The lowest BCUT2D eigenvalue weighted by Crippen LogP contribution is -2.44. The van der Waals surface area contributed by atoms with E-state index in [1.807, 2.05) is 10.9 Å². The molecular weight excluding hydrogens is 242 g/mol. The maximum absolute atomic E-state index is 11.1. The van der Waals surface area contributed by atoms with Crippen molar-refractivity contribution in [2.75, 3.05) is 0 Å². The number of hydrazine groups is 1.